The Hall–Kier alpha value is -2.02. The largest absolute Gasteiger partial charge is 0.340 e. The molecule has 1 aliphatic rings. The molecule has 6 nitrogen and oxygen atoms in total. The van der Waals surface area contributed by atoms with Gasteiger partial charge in [0.05, 0.1) is 16.7 Å². The summed E-state index contributed by atoms with van der Waals surface area (Å²) in [6.45, 7) is 4.44. The topological polar surface area (TPSA) is 72.1 Å². The second-order valence-corrected chi connectivity index (χ2v) is 6.76. The number of aryl methyl sites for hydroxylation is 2. The molecule has 2 aromatic heterocycles. The van der Waals surface area contributed by atoms with E-state index < -0.39 is 0 Å². The second-order valence-electron chi connectivity index (χ2n) is 5.69. The van der Waals surface area contributed by atoms with Crippen LogP contribution in [-0.2, 0) is 4.79 Å². The molecule has 0 N–H and O–H groups in total. The number of nitrogens with zero attached hydrogens (tertiary/aromatic N) is 4. The van der Waals surface area contributed by atoms with Gasteiger partial charge in [-0.2, -0.15) is 4.98 Å². The van der Waals surface area contributed by atoms with Gasteiger partial charge in [-0.15, -0.1) is 11.3 Å². The standard InChI is InChI=1S/C16H20N4O2S/c1-11-17-16(19-22-11)14-6-4-3-5-9-20(14)15(21)8-7-13-10-23-12(2)18-13/h7-8,10,14H,3-6,9H2,1-2H3/b8-7+. The first-order chi connectivity index (χ1) is 11.1. The molecule has 3 heterocycles. The lowest BCUT2D eigenvalue weighted by atomic mass is 10.1. The summed E-state index contributed by atoms with van der Waals surface area (Å²) < 4.78 is 5.09. The molecular formula is C16H20N4O2S. The van der Waals surface area contributed by atoms with Gasteiger partial charge in [-0.3, -0.25) is 4.79 Å². The fourth-order valence-electron chi connectivity index (χ4n) is 2.80. The molecule has 0 spiro atoms. The Bertz CT molecular complexity index is 707. The van der Waals surface area contributed by atoms with E-state index in [9.17, 15) is 4.79 Å². The van der Waals surface area contributed by atoms with E-state index in [0.717, 1.165) is 42.9 Å². The molecule has 23 heavy (non-hydrogen) atoms. The van der Waals surface area contributed by atoms with Gasteiger partial charge in [0.15, 0.2) is 5.82 Å². The van der Waals surface area contributed by atoms with E-state index >= 15 is 0 Å². The van der Waals surface area contributed by atoms with Gasteiger partial charge < -0.3 is 9.42 Å². The maximum Gasteiger partial charge on any atom is 0.247 e. The van der Waals surface area contributed by atoms with E-state index in [4.69, 9.17) is 4.52 Å². The third-order valence-electron chi connectivity index (χ3n) is 3.91. The Morgan fingerprint density at radius 3 is 2.91 bits per heavy atom. The van der Waals surface area contributed by atoms with Gasteiger partial charge in [-0.25, -0.2) is 4.98 Å². The average Bonchev–Trinajstić information content (AvgIpc) is 3.06. The van der Waals surface area contributed by atoms with Crippen LogP contribution in [0, 0.1) is 13.8 Å². The zero-order chi connectivity index (χ0) is 16.2. The van der Waals surface area contributed by atoms with Gasteiger partial charge in [0, 0.05) is 24.9 Å². The number of amides is 1. The van der Waals surface area contributed by atoms with Crippen LogP contribution in [0.25, 0.3) is 6.08 Å². The van der Waals surface area contributed by atoms with E-state index in [1.165, 1.54) is 0 Å². The molecule has 0 radical (unpaired) electrons. The highest BCUT2D eigenvalue weighted by Crippen LogP contribution is 2.28. The molecule has 0 saturated carbocycles. The first kappa shape index (κ1) is 15.9. The van der Waals surface area contributed by atoms with E-state index in [0.29, 0.717) is 11.7 Å². The van der Waals surface area contributed by atoms with Crippen LogP contribution in [0.2, 0.25) is 0 Å². The van der Waals surface area contributed by atoms with Crippen molar-refractivity contribution in [1.82, 2.24) is 20.0 Å². The SMILES string of the molecule is Cc1nc(C2CCCCCN2C(=O)/C=C/c2csc(C)n2)no1. The van der Waals surface area contributed by atoms with Crippen LogP contribution in [-0.4, -0.2) is 32.5 Å². The van der Waals surface area contributed by atoms with E-state index in [1.807, 2.05) is 17.2 Å². The fourth-order valence-corrected chi connectivity index (χ4v) is 3.38. The molecule has 1 saturated heterocycles. The Balaban J connectivity index is 1.78. The highest BCUT2D eigenvalue weighted by atomic mass is 32.1. The van der Waals surface area contributed by atoms with Crippen LogP contribution in [0.4, 0.5) is 0 Å². The zero-order valence-electron chi connectivity index (χ0n) is 13.4. The lowest BCUT2D eigenvalue weighted by Crippen LogP contribution is -2.34. The van der Waals surface area contributed by atoms with E-state index in [-0.39, 0.29) is 11.9 Å². The molecule has 1 fully saturated rings. The minimum Gasteiger partial charge on any atom is -0.340 e. The molecule has 7 heteroatoms. The van der Waals surface area contributed by atoms with Gasteiger partial charge in [-0.1, -0.05) is 18.0 Å². The van der Waals surface area contributed by atoms with Crippen molar-refractivity contribution in [1.29, 1.82) is 0 Å². The molecule has 1 aliphatic heterocycles. The Morgan fingerprint density at radius 2 is 2.22 bits per heavy atom. The first-order valence-electron chi connectivity index (χ1n) is 7.84. The minimum atomic E-state index is -0.107. The highest BCUT2D eigenvalue weighted by molar-refractivity contribution is 7.09. The van der Waals surface area contributed by atoms with E-state index in [1.54, 1.807) is 30.4 Å². The van der Waals surface area contributed by atoms with Crippen molar-refractivity contribution >= 4 is 23.3 Å². The first-order valence-corrected chi connectivity index (χ1v) is 8.72. The lowest BCUT2D eigenvalue weighted by molar-refractivity contribution is -0.128. The van der Waals surface area contributed by atoms with Gasteiger partial charge in [-0.05, 0) is 25.8 Å². The minimum absolute atomic E-state index is 0.0231. The molecule has 0 aliphatic carbocycles. The number of carbonyl (C=O) groups is 1. The Morgan fingerprint density at radius 1 is 1.35 bits per heavy atom. The van der Waals surface area contributed by atoms with Crippen molar-refractivity contribution < 1.29 is 9.32 Å². The van der Waals surface area contributed by atoms with Crippen LogP contribution in [0.3, 0.4) is 0 Å². The quantitative estimate of drug-likeness (QED) is 0.806. The van der Waals surface area contributed by atoms with Crippen LogP contribution in [0.5, 0.6) is 0 Å². The molecule has 1 atom stereocenters. The number of aromatic nitrogens is 3. The van der Waals surface area contributed by atoms with Crippen molar-refractivity contribution in [3.63, 3.8) is 0 Å². The number of hydrogen-bond acceptors (Lipinski definition) is 6. The summed E-state index contributed by atoms with van der Waals surface area (Å²) in [6.07, 6.45) is 7.43. The summed E-state index contributed by atoms with van der Waals surface area (Å²) >= 11 is 1.58. The summed E-state index contributed by atoms with van der Waals surface area (Å²) in [5.74, 6) is 1.12. The summed E-state index contributed by atoms with van der Waals surface area (Å²) in [5, 5.41) is 6.96. The van der Waals surface area contributed by atoms with Crippen molar-refractivity contribution in [3.8, 4) is 0 Å². The predicted molar refractivity (Wildman–Crippen MR) is 87.8 cm³/mol. The molecular weight excluding hydrogens is 312 g/mol. The van der Waals surface area contributed by atoms with Gasteiger partial charge in [0.25, 0.3) is 0 Å². The Labute approximate surface area is 139 Å². The third-order valence-corrected chi connectivity index (χ3v) is 4.70. The Kier molecular flexibility index (Phi) is 4.85. The van der Waals surface area contributed by atoms with Gasteiger partial charge in [0.1, 0.15) is 0 Å². The van der Waals surface area contributed by atoms with Crippen molar-refractivity contribution in [2.45, 2.75) is 45.6 Å². The molecule has 1 unspecified atom stereocenters. The van der Waals surface area contributed by atoms with Crippen molar-refractivity contribution in [3.05, 3.63) is 33.9 Å². The number of carbonyl (C=O) groups excluding carboxylic acids is 1. The normalized spacial score (nSPS) is 19.2. The monoisotopic (exact) mass is 332 g/mol. The number of likely N-dealkylation sites (tertiary alicyclic amines) is 1. The zero-order valence-corrected chi connectivity index (χ0v) is 14.2. The summed E-state index contributed by atoms with van der Waals surface area (Å²) in [6, 6.07) is -0.107. The van der Waals surface area contributed by atoms with Crippen LogP contribution >= 0.6 is 11.3 Å². The molecule has 0 aromatic carbocycles. The molecule has 3 rings (SSSR count). The maximum absolute atomic E-state index is 12.7. The average molecular weight is 332 g/mol. The number of thiazole rings is 1. The summed E-state index contributed by atoms with van der Waals surface area (Å²) in [7, 11) is 0. The lowest BCUT2D eigenvalue weighted by Gasteiger charge is -2.26. The van der Waals surface area contributed by atoms with Gasteiger partial charge >= 0.3 is 0 Å². The number of hydrogen-bond donors (Lipinski definition) is 0. The molecule has 0 bridgehead atoms. The van der Waals surface area contributed by atoms with Crippen LogP contribution < -0.4 is 0 Å². The number of rotatable bonds is 3. The van der Waals surface area contributed by atoms with Crippen LogP contribution in [0.1, 0.15) is 54.1 Å². The van der Waals surface area contributed by atoms with Crippen molar-refractivity contribution in [2.75, 3.05) is 6.54 Å². The summed E-state index contributed by atoms with van der Waals surface area (Å²) in [4.78, 5) is 23.2. The molecule has 2 aromatic rings. The van der Waals surface area contributed by atoms with Crippen LogP contribution in [0.15, 0.2) is 16.0 Å². The third kappa shape index (κ3) is 3.85. The molecule has 122 valence electrons. The summed E-state index contributed by atoms with van der Waals surface area (Å²) in [5.41, 5.74) is 0.822. The van der Waals surface area contributed by atoms with Gasteiger partial charge in [0.2, 0.25) is 11.8 Å². The fraction of sp³-hybridized carbons (Fsp3) is 0.500. The van der Waals surface area contributed by atoms with Crippen molar-refractivity contribution in [2.24, 2.45) is 0 Å². The maximum atomic E-state index is 12.7. The highest BCUT2D eigenvalue weighted by Gasteiger charge is 2.29. The van der Waals surface area contributed by atoms with E-state index in [2.05, 4.69) is 15.1 Å². The molecule has 1 amide bonds. The second kappa shape index (κ2) is 7.04. The smallest absolute Gasteiger partial charge is 0.247 e. The predicted octanol–water partition coefficient (Wildman–Crippen LogP) is 3.30.